The Morgan fingerprint density at radius 2 is 1.92 bits per heavy atom. The van der Waals surface area contributed by atoms with Crippen molar-refractivity contribution < 1.29 is 9.18 Å². The summed E-state index contributed by atoms with van der Waals surface area (Å²) in [5.74, 6) is -0.581. The SMILES string of the molecule is Cc1ccc(Nc2nc(C)c(C(=O)NCc3ccccc3F)s2)c(C)c1. The van der Waals surface area contributed by atoms with Gasteiger partial charge in [-0.3, -0.25) is 4.79 Å². The fraction of sp³-hybridized carbons (Fsp3) is 0.200. The van der Waals surface area contributed by atoms with Gasteiger partial charge in [0, 0.05) is 17.8 Å². The van der Waals surface area contributed by atoms with Crippen molar-refractivity contribution in [1.82, 2.24) is 10.3 Å². The monoisotopic (exact) mass is 369 g/mol. The Balaban J connectivity index is 1.71. The van der Waals surface area contributed by atoms with Crippen LogP contribution in [0.5, 0.6) is 0 Å². The largest absolute Gasteiger partial charge is 0.347 e. The molecule has 0 spiro atoms. The van der Waals surface area contributed by atoms with E-state index in [9.17, 15) is 9.18 Å². The number of benzene rings is 2. The molecule has 0 saturated heterocycles. The Bertz CT molecular complexity index is 952. The highest BCUT2D eigenvalue weighted by Gasteiger charge is 2.16. The molecule has 134 valence electrons. The third-order valence-electron chi connectivity index (χ3n) is 4.02. The molecule has 3 aromatic rings. The Hall–Kier alpha value is -2.73. The first kappa shape index (κ1) is 18.1. The second-order valence-corrected chi connectivity index (χ2v) is 7.15. The third-order valence-corrected chi connectivity index (χ3v) is 5.10. The zero-order valence-corrected chi connectivity index (χ0v) is 15.7. The number of aryl methyl sites for hydroxylation is 3. The normalized spacial score (nSPS) is 10.6. The molecule has 2 aromatic carbocycles. The molecule has 4 nitrogen and oxygen atoms in total. The molecule has 2 N–H and O–H groups in total. The summed E-state index contributed by atoms with van der Waals surface area (Å²) in [6.45, 7) is 6.00. The Labute approximate surface area is 156 Å². The van der Waals surface area contributed by atoms with Crippen LogP contribution in [0.25, 0.3) is 0 Å². The number of hydrogen-bond acceptors (Lipinski definition) is 4. The van der Waals surface area contributed by atoms with Gasteiger partial charge in [-0.1, -0.05) is 47.2 Å². The predicted molar refractivity (Wildman–Crippen MR) is 104 cm³/mol. The molecule has 3 rings (SSSR count). The van der Waals surface area contributed by atoms with Crippen molar-refractivity contribution in [2.24, 2.45) is 0 Å². The van der Waals surface area contributed by atoms with Gasteiger partial charge >= 0.3 is 0 Å². The lowest BCUT2D eigenvalue weighted by molar-refractivity contribution is 0.0954. The van der Waals surface area contributed by atoms with Crippen molar-refractivity contribution in [1.29, 1.82) is 0 Å². The van der Waals surface area contributed by atoms with E-state index in [1.54, 1.807) is 25.1 Å². The Morgan fingerprint density at radius 1 is 1.15 bits per heavy atom. The lowest BCUT2D eigenvalue weighted by Gasteiger charge is -2.07. The number of anilines is 2. The van der Waals surface area contributed by atoms with E-state index in [-0.39, 0.29) is 18.3 Å². The van der Waals surface area contributed by atoms with Crippen molar-refractivity contribution >= 4 is 28.1 Å². The number of nitrogens with zero attached hydrogens (tertiary/aromatic N) is 1. The summed E-state index contributed by atoms with van der Waals surface area (Å²) in [7, 11) is 0. The van der Waals surface area contributed by atoms with Crippen LogP contribution in [-0.2, 0) is 6.54 Å². The highest BCUT2D eigenvalue weighted by atomic mass is 32.1. The van der Waals surface area contributed by atoms with Gasteiger partial charge in [-0.05, 0) is 38.5 Å². The summed E-state index contributed by atoms with van der Waals surface area (Å²) >= 11 is 1.29. The number of rotatable bonds is 5. The van der Waals surface area contributed by atoms with Crippen molar-refractivity contribution in [3.8, 4) is 0 Å². The van der Waals surface area contributed by atoms with Gasteiger partial charge in [-0.25, -0.2) is 9.37 Å². The standard InChI is InChI=1S/C20H20FN3OS/c1-12-8-9-17(13(2)10-12)24-20-23-14(3)18(26-20)19(25)22-11-15-6-4-5-7-16(15)21/h4-10H,11H2,1-3H3,(H,22,25)(H,23,24). The molecule has 0 unspecified atom stereocenters. The number of carbonyl (C=O) groups is 1. The van der Waals surface area contributed by atoms with Crippen LogP contribution in [-0.4, -0.2) is 10.9 Å². The number of nitrogens with one attached hydrogen (secondary N) is 2. The second-order valence-electron chi connectivity index (χ2n) is 6.15. The van der Waals surface area contributed by atoms with Crippen LogP contribution in [0.4, 0.5) is 15.2 Å². The van der Waals surface area contributed by atoms with Crippen LogP contribution in [0.15, 0.2) is 42.5 Å². The van der Waals surface area contributed by atoms with Gasteiger partial charge in [0.15, 0.2) is 5.13 Å². The van der Waals surface area contributed by atoms with Gasteiger partial charge in [-0.2, -0.15) is 0 Å². The summed E-state index contributed by atoms with van der Waals surface area (Å²) in [4.78, 5) is 17.4. The van der Waals surface area contributed by atoms with Crippen LogP contribution in [0, 0.1) is 26.6 Å². The molecule has 0 fully saturated rings. The van der Waals surface area contributed by atoms with Crippen LogP contribution in [0.3, 0.4) is 0 Å². The molecule has 1 heterocycles. The number of halogens is 1. The van der Waals surface area contributed by atoms with Gasteiger partial charge in [0.2, 0.25) is 0 Å². The highest BCUT2D eigenvalue weighted by Crippen LogP contribution is 2.27. The van der Waals surface area contributed by atoms with Gasteiger partial charge in [0.1, 0.15) is 10.7 Å². The number of carbonyl (C=O) groups excluding carboxylic acids is 1. The third kappa shape index (κ3) is 4.08. The Morgan fingerprint density at radius 3 is 2.65 bits per heavy atom. The van der Waals surface area contributed by atoms with Crippen LogP contribution in [0.1, 0.15) is 32.1 Å². The summed E-state index contributed by atoms with van der Waals surface area (Å²) in [5.41, 5.74) is 4.37. The number of hydrogen-bond donors (Lipinski definition) is 2. The fourth-order valence-electron chi connectivity index (χ4n) is 2.63. The summed E-state index contributed by atoms with van der Waals surface area (Å²) in [5, 5.41) is 6.68. The van der Waals surface area contributed by atoms with E-state index >= 15 is 0 Å². The Kier molecular flexibility index (Phi) is 5.32. The molecule has 0 saturated carbocycles. The first-order valence-electron chi connectivity index (χ1n) is 8.27. The lowest BCUT2D eigenvalue weighted by Crippen LogP contribution is -2.23. The van der Waals surface area contributed by atoms with Crippen LogP contribution in [0.2, 0.25) is 0 Å². The van der Waals surface area contributed by atoms with E-state index < -0.39 is 0 Å². The minimum Gasteiger partial charge on any atom is -0.347 e. The van der Waals surface area contributed by atoms with E-state index in [1.807, 2.05) is 26.0 Å². The minimum atomic E-state index is -0.328. The first-order valence-corrected chi connectivity index (χ1v) is 9.09. The van der Waals surface area contributed by atoms with E-state index in [0.29, 0.717) is 21.3 Å². The second kappa shape index (κ2) is 7.66. The van der Waals surface area contributed by atoms with Gasteiger partial charge in [-0.15, -0.1) is 0 Å². The van der Waals surface area contributed by atoms with Crippen molar-refractivity contribution in [2.45, 2.75) is 27.3 Å². The molecular weight excluding hydrogens is 349 g/mol. The summed E-state index contributed by atoms with van der Waals surface area (Å²) in [6.07, 6.45) is 0. The topological polar surface area (TPSA) is 54.0 Å². The van der Waals surface area contributed by atoms with Crippen molar-refractivity contribution in [3.05, 3.63) is 75.5 Å². The molecule has 0 aliphatic carbocycles. The zero-order valence-electron chi connectivity index (χ0n) is 14.9. The molecular formula is C20H20FN3OS. The van der Waals surface area contributed by atoms with Crippen LogP contribution < -0.4 is 10.6 Å². The van der Waals surface area contributed by atoms with Gasteiger partial charge < -0.3 is 10.6 Å². The first-order chi connectivity index (χ1) is 12.4. The molecule has 0 radical (unpaired) electrons. The fourth-order valence-corrected chi connectivity index (χ4v) is 3.52. The smallest absolute Gasteiger partial charge is 0.263 e. The lowest BCUT2D eigenvalue weighted by atomic mass is 10.1. The van der Waals surface area contributed by atoms with Crippen molar-refractivity contribution in [3.63, 3.8) is 0 Å². The van der Waals surface area contributed by atoms with Gasteiger partial charge in [0.25, 0.3) is 5.91 Å². The van der Waals surface area contributed by atoms with E-state index in [0.717, 1.165) is 11.3 Å². The molecule has 1 aromatic heterocycles. The highest BCUT2D eigenvalue weighted by molar-refractivity contribution is 7.17. The molecule has 26 heavy (non-hydrogen) atoms. The molecule has 0 aliphatic rings. The van der Waals surface area contributed by atoms with E-state index in [4.69, 9.17) is 0 Å². The maximum absolute atomic E-state index is 13.7. The number of aromatic nitrogens is 1. The van der Waals surface area contributed by atoms with Crippen molar-refractivity contribution in [2.75, 3.05) is 5.32 Å². The molecule has 0 atom stereocenters. The van der Waals surface area contributed by atoms with E-state index in [1.165, 1.54) is 23.0 Å². The van der Waals surface area contributed by atoms with Gasteiger partial charge in [0.05, 0.1) is 5.69 Å². The average Bonchev–Trinajstić information content (AvgIpc) is 2.97. The predicted octanol–water partition coefficient (Wildman–Crippen LogP) is 4.88. The van der Waals surface area contributed by atoms with E-state index in [2.05, 4.69) is 21.7 Å². The minimum absolute atomic E-state index is 0.142. The number of amides is 1. The maximum Gasteiger partial charge on any atom is 0.263 e. The number of thiazole rings is 1. The molecule has 0 bridgehead atoms. The molecule has 6 heteroatoms. The zero-order chi connectivity index (χ0) is 18.7. The summed E-state index contributed by atoms with van der Waals surface area (Å²) in [6, 6.07) is 12.5. The average molecular weight is 369 g/mol. The maximum atomic E-state index is 13.7. The summed E-state index contributed by atoms with van der Waals surface area (Å²) < 4.78 is 13.7. The molecule has 1 amide bonds. The molecule has 0 aliphatic heterocycles. The quantitative estimate of drug-likeness (QED) is 0.674. The van der Waals surface area contributed by atoms with Crippen LogP contribution >= 0.6 is 11.3 Å².